The summed E-state index contributed by atoms with van der Waals surface area (Å²) in [5, 5.41) is 5.19. The molecule has 2 N–H and O–H groups in total. The third-order valence-corrected chi connectivity index (χ3v) is 6.06. The zero-order valence-corrected chi connectivity index (χ0v) is 22.8. The maximum atomic E-state index is 13.5. The number of ether oxygens (including phenoxy) is 1. The highest BCUT2D eigenvalue weighted by Crippen LogP contribution is 2.26. The van der Waals surface area contributed by atoms with E-state index < -0.39 is 47.9 Å². The minimum atomic E-state index is -5.17. The number of hydrogen-bond acceptors (Lipinski definition) is 6. The van der Waals surface area contributed by atoms with Crippen molar-refractivity contribution in [1.82, 2.24) is 20.6 Å². The Labute approximate surface area is 238 Å². The van der Waals surface area contributed by atoms with Gasteiger partial charge in [-0.1, -0.05) is 67.4 Å². The summed E-state index contributed by atoms with van der Waals surface area (Å²) in [6.45, 7) is 2.73. The van der Waals surface area contributed by atoms with Crippen molar-refractivity contribution in [3.05, 3.63) is 88.4 Å². The molecule has 1 heterocycles. The van der Waals surface area contributed by atoms with Gasteiger partial charge in [-0.2, -0.15) is 13.2 Å². The number of rotatable bonds is 11. The van der Waals surface area contributed by atoms with Crippen molar-refractivity contribution in [2.45, 2.75) is 44.6 Å². The van der Waals surface area contributed by atoms with Gasteiger partial charge in [0.05, 0.1) is 11.7 Å². The van der Waals surface area contributed by atoms with E-state index in [0.29, 0.717) is 5.69 Å². The van der Waals surface area contributed by atoms with Crippen LogP contribution in [0.2, 0.25) is 10.0 Å². The molecule has 0 bridgehead atoms. The molecule has 2 amide bonds. The topological polar surface area (TPSA) is 110 Å². The number of aromatic nitrogens is 2. The van der Waals surface area contributed by atoms with Crippen molar-refractivity contribution in [1.29, 1.82) is 0 Å². The fraction of sp³-hybridized carbons (Fsp3) is 0.296. The van der Waals surface area contributed by atoms with E-state index in [-0.39, 0.29) is 27.8 Å². The maximum absolute atomic E-state index is 13.5. The summed E-state index contributed by atoms with van der Waals surface area (Å²) in [5.74, 6) is -4.65. The van der Waals surface area contributed by atoms with Gasteiger partial charge in [0.25, 0.3) is 11.7 Å². The van der Waals surface area contributed by atoms with Crippen LogP contribution in [0.5, 0.6) is 5.75 Å². The Morgan fingerprint density at radius 2 is 1.60 bits per heavy atom. The van der Waals surface area contributed by atoms with Crippen LogP contribution in [0.15, 0.2) is 67.1 Å². The first kappa shape index (κ1) is 30.8. The van der Waals surface area contributed by atoms with E-state index in [1.165, 1.54) is 62.8 Å². The Bertz CT molecular complexity index is 1310. The van der Waals surface area contributed by atoms with Crippen LogP contribution in [0.3, 0.4) is 0 Å². The Morgan fingerprint density at radius 1 is 0.950 bits per heavy atom. The second-order valence-corrected chi connectivity index (χ2v) is 9.93. The van der Waals surface area contributed by atoms with Crippen LogP contribution in [0, 0.1) is 5.92 Å². The van der Waals surface area contributed by atoms with Gasteiger partial charge in [0.15, 0.2) is 6.10 Å². The molecule has 0 aliphatic rings. The lowest BCUT2D eigenvalue weighted by molar-refractivity contribution is -0.175. The number of nitrogens with zero attached hydrogens (tertiary/aromatic N) is 2. The number of alkyl halides is 3. The second kappa shape index (κ2) is 13.6. The van der Waals surface area contributed by atoms with Gasteiger partial charge in [-0.25, -0.2) is 0 Å². The minimum Gasteiger partial charge on any atom is -0.480 e. The third-order valence-electron chi connectivity index (χ3n) is 5.63. The fourth-order valence-corrected chi connectivity index (χ4v) is 4.21. The normalized spacial score (nSPS) is 13.7. The van der Waals surface area contributed by atoms with Gasteiger partial charge in [0, 0.05) is 35.1 Å². The zero-order valence-electron chi connectivity index (χ0n) is 21.3. The summed E-state index contributed by atoms with van der Waals surface area (Å²) < 4.78 is 45.5. The number of benzene rings is 2. The van der Waals surface area contributed by atoms with E-state index >= 15 is 0 Å². The molecule has 1 aromatic heterocycles. The van der Waals surface area contributed by atoms with Crippen molar-refractivity contribution >= 4 is 40.8 Å². The molecule has 0 spiro atoms. The predicted molar refractivity (Wildman–Crippen MR) is 142 cm³/mol. The number of amides is 2. The lowest BCUT2D eigenvalue weighted by Gasteiger charge is -2.27. The van der Waals surface area contributed by atoms with Crippen LogP contribution in [0.1, 0.15) is 31.1 Å². The largest absolute Gasteiger partial charge is 0.480 e. The van der Waals surface area contributed by atoms with E-state index in [1.54, 1.807) is 18.2 Å². The monoisotopic (exact) mass is 596 g/mol. The summed E-state index contributed by atoms with van der Waals surface area (Å²) in [6, 6.07) is 8.86. The molecule has 2 aromatic carbocycles. The van der Waals surface area contributed by atoms with Crippen molar-refractivity contribution < 1.29 is 32.3 Å². The molecule has 0 aliphatic carbocycles. The summed E-state index contributed by atoms with van der Waals surface area (Å²) >= 11 is 12.1. The summed E-state index contributed by atoms with van der Waals surface area (Å²) in [7, 11) is 0. The molecular formula is C27H25Cl2F3N4O4. The lowest BCUT2D eigenvalue weighted by Crippen LogP contribution is -2.53. The molecule has 212 valence electrons. The first-order chi connectivity index (χ1) is 18.8. The SMILES string of the molecule is CC(C)[C@H](NC(=O)C(NC(=O)[C@H](Cc1cnccn1)Oc1cc(Cl)cc(Cl)c1)c1ccccc1)C(=O)C(F)(F)F. The molecule has 1 unspecified atom stereocenters. The highest BCUT2D eigenvalue weighted by molar-refractivity contribution is 6.34. The highest BCUT2D eigenvalue weighted by Gasteiger charge is 2.45. The molecule has 0 aliphatic heterocycles. The van der Waals surface area contributed by atoms with Crippen LogP contribution >= 0.6 is 23.2 Å². The van der Waals surface area contributed by atoms with Gasteiger partial charge in [0.2, 0.25) is 5.91 Å². The number of Topliss-reactive ketones (excluding diaryl/α,β-unsaturated/α-hetero) is 1. The number of nitrogens with one attached hydrogen (secondary N) is 2. The molecule has 3 rings (SSSR count). The zero-order chi connectivity index (χ0) is 29.4. The van der Waals surface area contributed by atoms with Gasteiger partial charge in [-0.05, 0) is 29.7 Å². The van der Waals surface area contributed by atoms with E-state index in [9.17, 15) is 27.6 Å². The first-order valence-corrected chi connectivity index (χ1v) is 12.7. The van der Waals surface area contributed by atoms with Gasteiger partial charge in [-0.3, -0.25) is 24.4 Å². The lowest BCUT2D eigenvalue weighted by atomic mass is 9.97. The van der Waals surface area contributed by atoms with E-state index in [2.05, 4.69) is 20.6 Å². The van der Waals surface area contributed by atoms with Gasteiger partial charge in [-0.15, -0.1) is 0 Å². The average Bonchev–Trinajstić information content (AvgIpc) is 2.89. The average molecular weight is 597 g/mol. The third kappa shape index (κ3) is 8.65. The molecule has 0 saturated carbocycles. The van der Waals surface area contributed by atoms with E-state index in [0.717, 1.165) is 0 Å². The summed E-state index contributed by atoms with van der Waals surface area (Å²) in [6.07, 6.45) is -2.26. The Morgan fingerprint density at radius 3 is 2.15 bits per heavy atom. The van der Waals surface area contributed by atoms with Crippen LogP contribution in [-0.2, 0) is 20.8 Å². The number of carbonyl (C=O) groups is 3. The Balaban J connectivity index is 1.92. The second-order valence-electron chi connectivity index (χ2n) is 9.06. The number of hydrogen-bond donors (Lipinski definition) is 2. The summed E-state index contributed by atoms with van der Waals surface area (Å²) in [4.78, 5) is 47.0. The smallest absolute Gasteiger partial charge is 0.452 e. The quantitative estimate of drug-likeness (QED) is 0.326. The van der Waals surface area contributed by atoms with Crippen molar-refractivity contribution in [2.24, 2.45) is 5.92 Å². The molecular weight excluding hydrogens is 572 g/mol. The van der Waals surface area contributed by atoms with Gasteiger partial charge < -0.3 is 15.4 Å². The van der Waals surface area contributed by atoms with Crippen LogP contribution in [0.25, 0.3) is 0 Å². The van der Waals surface area contributed by atoms with Crippen LogP contribution < -0.4 is 15.4 Å². The predicted octanol–water partition coefficient (Wildman–Crippen LogP) is 4.90. The molecule has 3 aromatic rings. The standard InChI is InChI=1S/C27H25Cl2F3N4O4/c1-15(2)22(24(37)27(30,31)32)35-26(39)23(16-6-4-3-5-7-16)36-25(38)21(13-19-14-33-8-9-34-19)40-20-11-17(28)10-18(29)12-20/h3-12,14-15,21-23H,13H2,1-2H3,(H,35,39)(H,36,38)/t21-,22-,23?/m0/s1. The fourth-order valence-electron chi connectivity index (χ4n) is 3.70. The van der Waals surface area contributed by atoms with Crippen molar-refractivity contribution in [2.75, 3.05) is 0 Å². The molecule has 0 fully saturated rings. The van der Waals surface area contributed by atoms with E-state index in [4.69, 9.17) is 27.9 Å². The van der Waals surface area contributed by atoms with Gasteiger partial charge >= 0.3 is 6.18 Å². The Hall–Kier alpha value is -3.70. The first-order valence-electron chi connectivity index (χ1n) is 12.0. The van der Waals surface area contributed by atoms with Gasteiger partial charge in [0.1, 0.15) is 11.8 Å². The summed E-state index contributed by atoms with van der Waals surface area (Å²) in [5.41, 5.74) is 0.645. The molecule has 8 nitrogen and oxygen atoms in total. The Kier molecular flexibility index (Phi) is 10.5. The number of ketones is 1. The molecule has 0 saturated heterocycles. The minimum absolute atomic E-state index is 0.0892. The van der Waals surface area contributed by atoms with Crippen LogP contribution in [-0.4, -0.2) is 45.9 Å². The van der Waals surface area contributed by atoms with E-state index in [1.807, 2.05) is 0 Å². The maximum Gasteiger partial charge on any atom is 0.452 e. The van der Waals surface area contributed by atoms with Crippen molar-refractivity contribution in [3.8, 4) is 5.75 Å². The highest BCUT2D eigenvalue weighted by atomic mass is 35.5. The molecule has 0 radical (unpaired) electrons. The molecule has 3 atom stereocenters. The number of carbonyl (C=O) groups excluding carboxylic acids is 3. The molecule has 40 heavy (non-hydrogen) atoms. The van der Waals surface area contributed by atoms with Crippen molar-refractivity contribution in [3.63, 3.8) is 0 Å². The molecule has 13 heteroatoms. The number of halogens is 5. The van der Waals surface area contributed by atoms with Crippen LogP contribution in [0.4, 0.5) is 13.2 Å².